The number of carbonyl (C=O) groups excluding carboxylic acids is 2. The molecule has 0 spiro atoms. The number of hydrogen-bond acceptors (Lipinski definition) is 5. The van der Waals surface area contributed by atoms with Gasteiger partial charge in [0.1, 0.15) is 18.3 Å². The summed E-state index contributed by atoms with van der Waals surface area (Å²) in [6, 6.07) is 19.5. The zero-order chi connectivity index (χ0) is 29.4. The lowest BCUT2D eigenvalue weighted by Gasteiger charge is -2.34. The van der Waals surface area contributed by atoms with Gasteiger partial charge in [0.2, 0.25) is 21.8 Å². The first-order valence-corrected chi connectivity index (χ1v) is 15.2. The number of sulfonamides is 1. The minimum absolute atomic E-state index is 0.0542. The van der Waals surface area contributed by atoms with Gasteiger partial charge in [0.25, 0.3) is 0 Å². The van der Waals surface area contributed by atoms with E-state index in [-0.39, 0.29) is 36.4 Å². The number of para-hydroxylation sites is 2. The molecule has 0 fully saturated rings. The Hall–Kier alpha value is -3.27. The molecule has 2 amide bonds. The van der Waals surface area contributed by atoms with E-state index in [0.717, 1.165) is 16.1 Å². The maximum atomic E-state index is 14.1. The summed E-state index contributed by atoms with van der Waals surface area (Å²) in [5, 5.41) is 3.64. The second-order valence-electron chi connectivity index (χ2n) is 9.57. The van der Waals surface area contributed by atoms with Crippen molar-refractivity contribution in [1.82, 2.24) is 10.2 Å². The predicted octanol–water partition coefficient (Wildman–Crippen LogP) is 4.93. The fourth-order valence-electron chi connectivity index (χ4n) is 4.20. The van der Waals surface area contributed by atoms with Gasteiger partial charge in [-0.25, -0.2) is 8.42 Å². The highest BCUT2D eigenvalue weighted by Gasteiger charge is 2.34. The lowest BCUT2D eigenvalue weighted by molar-refractivity contribution is -0.140. The van der Waals surface area contributed by atoms with E-state index in [0.29, 0.717) is 15.6 Å². The first kappa shape index (κ1) is 31.3. The van der Waals surface area contributed by atoms with Crippen molar-refractivity contribution in [2.45, 2.75) is 38.9 Å². The molecule has 11 heteroatoms. The molecule has 3 rings (SSSR count). The van der Waals surface area contributed by atoms with Crippen LogP contribution in [0, 0.1) is 0 Å². The summed E-state index contributed by atoms with van der Waals surface area (Å²) < 4.78 is 32.2. The molecule has 0 aromatic heterocycles. The Labute approximate surface area is 245 Å². The molecule has 3 aromatic rings. The minimum atomic E-state index is -3.93. The van der Waals surface area contributed by atoms with Crippen LogP contribution in [-0.2, 0) is 32.6 Å². The smallest absolute Gasteiger partial charge is 0.244 e. The van der Waals surface area contributed by atoms with Crippen LogP contribution in [0.25, 0.3) is 0 Å². The molecule has 1 atom stereocenters. The van der Waals surface area contributed by atoms with Gasteiger partial charge >= 0.3 is 0 Å². The standard InChI is InChI=1S/C29H33Cl2N3O5S/c1-20(2)32-29(36)26(16-21-10-6-5-7-11-21)33(18-22-14-15-23(30)17-24(22)31)28(35)19-34(40(4,37)38)25-12-8-9-13-27(25)39-3/h5-15,17,20,26H,16,18-19H2,1-4H3,(H,32,36). The Kier molecular flexibility index (Phi) is 10.8. The highest BCUT2D eigenvalue weighted by atomic mass is 35.5. The van der Waals surface area contributed by atoms with Gasteiger partial charge in [0.15, 0.2) is 0 Å². The Morgan fingerprint density at radius 3 is 2.23 bits per heavy atom. The predicted molar refractivity (Wildman–Crippen MR) is 159 cm³/mol. The van der Waals surface area contributed by atoms with Crippen LogP contribution >= 0.6 is 23.2 Å². The second-order valence-corrected chi connectivity index (χ2v) is 12.3. The van der Waals surface area contributed by atoms with Crippen molar-refractivity contribution < 1.29 is 22.7 Å². The number of carbonyl (C=O) groups is 2. The number of nitrogens with zero attached hydrogens (tertiary/aromatic N) is 2. The van der Waals surface area contributed by atoms with Crippen LogP contribution in [-0.4, -0.2) is 57.1 Å². The topological polar surface area (TPSA) is 96.0 Å². The Bertz CT molecular complexity index is 1430. The molecule has 0 heterocycles. The van der Waals surface area contributed by atoms with Crippen molar-refractivity contribution >= 4 is 50.7 Å². The third kappa shape index (κ3) is 8.36. The van der Waals surface area contributed by atoms with Crippen LogP contribution in [0.1, 0.15) is 25.0 Å². The van der Waals surface area contributed by atoms with Gasteiger partial charge in [0.05, 0.1) is 19.1 Å². The van der Waals surface area contributed by atoms with E-state index in [9.17, 15) is 18.0 Å². The van der Waals surface area contributed by atoms with Crippen LogP contribution < -0.4 is 14.4 Å². The van der Waals surface area contributed by atoms with Gasteiger partial charge in [-0.2, -0.15) is 0 Å². The molecule has 214 valence electrons. The minimum Gasteiger partial charge on any atom is -0.495 e. The molecule has 1 N–H and O–H groups in total. The summed E-state index contributed by atoms with van der Waals surface area (Å²) in [5.41, 5.74) is 1.59. The van der Waals surface area contributed by atoms with Gasteiger partial charge in [-0.3, -0.25) is 13.9 Å². The Morgan fingerprint density at radius 2 is 1.62 bits per heavy atom. The maximum Gasteiger partial charge on any atom is 0.244 e. The monoisotopic (exact) mass is 605 g/mol. The highest BCUT2D eigenvalue weighted by molar-refractivity contribution is 7.92. The Balaban J connectivity index is 2.10. The molecule has 0 aliphatic carbocycles. The van der Waals surface area contributed by atoms with Gasteiger partial charge < -0.3 is 15.0 Å². The number of ether oxygens (including phenoxy) is 1. The Morgan fingerprint density at radius 1 is 0.975 bits per heavy atom. The van der Waals surface area contributed by atoms with E-state index in [1.165, 1.54) is 12.0 Å². The number of anilines is 1. The maximum absolute atomic E-state index is 14.1. The molecular formula is C29H33Cl2N3O5S. The van der Waals surface area contributed by atoms with Crippen LogP contribution in [0.4, 0.5) is 5.69 Å². The number of amides is 2. The van der Waals surface area contributed by atoms with E-state index < -0.39 is 28.5 Å². The summed E-state index contributed by atoms with van der Waals surface area (Å²) in [5.74, 6) is -0.686. The number of benzene rings is 3. The van der Waals surface area contributed by atoms with Crippen molar-refractivity contribution in [2.75, 3.05) is 24.2 Å². The number of nitrogens with one attached hydrogen (secondary N) is 1. The third-order valence-electron chi connectivity index (χ3n) is 6.09. The summed E-state index contributed by atoms with van der Waals surface area (Å²) in [4.78, 5) is 29.1. The number of rotatable bonds is 12. The molecule has 40 heavy (non-hydrogen) atoms. The van der Waals surface area contributed by atoms with E-state index >= 15 is 0 Å². The molecule has 0 saturated heterocycles. The third-order valence-corrected chi connectivity index (χ3v) is 7.80. The molecule has 0 bridgehead atoms. The van der Waals surface area contributed by atoms with Crippen LogP contribution in [0.3, 0.4) is 0 Å². The first-order chi connectivity index (χ1) is 18.9. The van der Waals surface area contributed by atoms with Crippen molar-refractivity contribution in [3.8, 4) is 5.75 Å². The number of halogens is 2. The lowest BCUT2D eigenvalue weighted by Crippen LogP contribution is -2.54. The van der Waals surface area contributed by atoms with Gasteiger partial charge in [-0.05, 0) is 49.2 Å². The van der Waals surface area contributed by atoms with Gasteiger partial charge in [-0.15, -0.1) is 0 Å². The van der Waals surface area contributed by atoms with Crippen LogP contribution in [0.5, 0.6) is 5.75 Å². The van der Waals surface area contributed by atoms with Gasteiger partial charge in [0, 0.05) is 29.1 Å². The molecule has 0 aliphatic rings. The highest BCUT2D eigenvalue weighted by Crippen LogP contribution is 2.30. The van der Waals surface area contributed by atoms with E-state index in [2.05, 4.69) is 5.32 Å². The normalized spacial score (nSPS) is 12.1. The number of methoxy groups -OCH3 is 1. The molecule has 3 aromatic carbocycles. The summed E-state index contributed by atoms with van der Waals surface area (Å²) >= 11 is 12.6. The fourth-order valence-corrected chi connectivity index (χ4v) is 5.52. The molecule has 0 saturated carbocycles. The van der Waals surface area contributed by atoms with Crippen molar-refractivity contribution in [1.29, 1.82) is 0 Å². The molecule has 1 unspecified atom stereocenters. The molecule has 8 nitrogen and oxygen atoms in total. The molecule has 0 radical (unpaired) electrons. The summed E-state index contributed by atoms with van der Waals surface area (Å²) in [6.07, 6.45) is 1.21. The zero-order valence-corrected chi connectivity index (χ0v) is 25.1. The molecule has 0 aliphatic heterocycles. The van der Waals surface area contributed by atoms with E-state index in [1.54, 1.807) is 42.5 Å². The molecular weight excluding hydrogens is 573 g/mol. The SMILES string of the molecule is COc1ccccc1N(CC(=O)N(Cc1ccc(Cl)cc1Cl)C(Cc1ccccc1)C(=O)NC(C)C)S(C)(=O)=O. The average molecular weight is 607 g/mol. The van der Waals surface area contributed by atoms with Gasteiger partial charge in [-0.1, -0.05) is 71.7 Å². The summed E-state index contributed by atoms with van der Waals surface area (Å²) in [7, 11) is -2.51. The average Bonchev–Trinajstić information content (AvgIpc) is 2.89. The fraction of sp³-hybridized carbons (Fsp3) is 0.310. The number of hydrogen-bond donors (Lipinski definition) is 1. The lowest BCUT2D eigenvalue weighted by atomic mass is 10.0. The van der Waals surface area contributed by atoms with Crippen molar-refractivity contribution in [3.05, 3.63) is 94.0 Å². The van der Waals surface area contributed by atoms with Crippen LogP contribution in [0.15, 0.2) is 72.8 Å². The van der Waals surface area contributed by atoms with E-state index in [4.69, 9.17) is 27.9 Å². The van der Waals surface area contributed by atoms with Crippen molar-refractivity contribution in [3.63, 3.8) is 0 Å². The summed E-state index contributed by atoms with van der Waals surface area (Å²) in [6.45, 7) is 3.03. The van der Waals surface area contributed by atoms with Crippen LogP contribution in [0.2, 0.25) is 10.0 Å². The first-order valence-electron chi connectivity index (χ1n) is 12.6. The second kappa shape index (κ2) is 13.9. The quantitative estimate of drug-likeness (QED) is 0.316. The largest absolute Gasteiger partial charge is 0.495 e. The zero-order valence-electron chi connectivity index (χ0n) is 22.8. The van der Waals surface area contributed by atoms with E-state index in [1.807, 2.05) is 44.2 Å². The van der Waals surface area contributed by atoms with Crippen molar-refractivity contribution in [2.24, 2.45) is 0 Å².